The molecule has 0 radical (unpaired) electrons. The normalized spacial score (nSPS) is 12.3. The third-order valence-electron chi connectivity index (χ3n) is 10.1. The largest absolute Gasteiger partial charge is 0.462 e. The van der Waals surface area contributed by atoms with Crippen LogP contribution < -0.4 is 0 Å². The molecule has 1 atom stereocenters. The SMILES string of the molecule is CCCCCCCCC(CCCCCCCC)OC(=O)CCCCCCCN(CCCCCCCC(=O)CCO)OC(C)CCCCCCC. The van der Waals surface area contributed by atoms with Crippen LogP contribution in [0, 0.1) is 0 Å². The number of rotatable bonds is 41. The van der Waals surface area contributed by atoms with Crippen LogP contribution in [0.1, 0.15) is 240 Å². The topological polar surface area (TPSA) is 76.1 Å². The third kappa shape index (κ3) is 35.4. The second-order valence-corrected chi connectivity index (χ2v) is 15.3. The summed E-state index contributed by atoms with van der Waals surface area (Å²) in [5, 5.41) is 11.1. The Hall–Kier alpha value is -0.980. The van der Waals surface area contributed by atoms with Gasteiger partial charge in [-0.05, 0) is 64.7 Å². The number of hydrogen-bond acceptors (Lipinski definition) is 6. The molecule has 0 spiro atoms. The molecule has 1 unspecified atom stereocenters. The Morgan fingerprint density at radius 2 is 0.900 bits per heavy atom. The fourth-order valence-corrected chi connectivity index (χ4v) is 6.85. The number of unbranched alkanes of at least 4 members (excludes halogenated alkanes) is 22. The van der Waals surface area contributed by atoms with E-state index in [2.05, 4.69) is 32.8 Å². The Bertz CT molecular complexity index is 701. The summed E-state index contributed by atoms with van der Waals surface area (Å²) in [6.45, 7) is 10.9. The first-order valence-corrected chi connectivity index (χ1v) is 22.2. The molecule has 1 N–H and O–H groups in total. The summed E-state index contributed by atoms with van der Waals surface area (Å²) in [6, 6.07) is 0. The molecule has 0 aliphatic heterocycles. The summed E-state index contributed by atoms with van der Waals surface area (Å²) in [7, 11) is 0. The maximum absolute atomic E-state index is 12.8. The van der Waals surface area contributed by atoms with Gasteiger partial charge >= 0.3 is 5.97 Å². The Balaban J connectivity index is 4.43. The van der Waals surface area contributed by atoms with Crippen LogP contribution in [-0.4, -0.2) is 53.8 Å². The lowest BCUT2D eigenvalue weighted by Crippen LogP contribution is -2.30. The van der Waals surface area contributed by atoms with Crippen molar-refractivity contribution in [2.75, 3.05) is 19.7 Å². The minimum Gasteiger partial charge on any atom is -0.462 e. The van der Waals surface area contributed by atoms with Crippen LogP contribution in [0.4, 0.5) is 0 Å². The average Bonchev–Trinajstić information content (AvgIpc) is 3.10. The smallest absolute Gasteiger partial charge is 0.306 e. The summed E-state index contributed by atoms with van der Waals surface area (Å²) < 4.78 is 6.05. The number of esters is 1. The van der Waals surface area contributed by atoms with Gasteiger partial charge in [0.15, 0.2) is 0 Å². The van der Waals surface area contributed by atoms with E-state index in [0.29, 0.717) is 19.3 Å². The number of carbonyl (C=O) groups is 2. The van der Waals surface area contributed by atoms with Gasteiger partial charge in [-0.3, -0.25) is 14.4 Å². The molecule has 0 saturated heterocycles. The van der Waals surface area contributed by atoms with Gasteiger partial charge in [-0.1, -0.05) is 156 Å². The van der Waals surface area contributed by atoms with E-state index in [0.717, 1.165) is 90.1 Å². The molecule has 6 heteroatoms. The second-order valence-electron chi connectivity index (χ2n) is 15.3. The highest BCUT2D eigenvalue weighted by molar-refractivity contribution is 5.78. The predicted molar refractivity (Wildman–Crippen MR) is 213 cm³/mol. The second kappa shape index (κ2) is 39.2. The minimum atomic E-state index is -0.0281. The summed E-state index contributed by atoms with van der Waals surface area (Å²) in [6.07, 6.45) is 37.8. The molecule has 0 amide bonds. The first-order chi connectivity index (χ1) is 24.5. The van der Waals surface area contributed by atoms with E-state index in [4.69, 9.17) is 14.7 Å². The van der Waals surface area contributed by atoms with E-state index in [1.54, 1.807) is 0 Å². The number of Topliss-reactive ketones (excluding diaryl/α,β-unsaturated/α-hetero) is 1. The monoisotopic (exact) mass is 710 g/mol. The van der Waals surface area contributed by atoms with E-state index < -0.39 is 0 Å². The van der Waals surface area contributed by atoms with E-state index >= 15 is 0 Å². The molecule has 0 fully saturated rings. The number of ketones is 1. The quantitative estimate of drug-likeness (QED) is 0.0387. The standard InChI is InChI=1S/C44H87NO5/c1-5-8-11-14-20-27-34-43(35-28-21-15-12-9-6-2)49-44(48)36-29-22-17-24-31-39-45(50-41(4)32-25-18-13-10-7-3)38-30-23-16-19-26-33-42(47)37-40-46/h41,43,46H,5-40H2,1-4H3. The van der Waals surface area contributed by atoms with Gasteiger partial charge in [0, 0.05) is 39.0 Å². The van der Waals surface area contributed by atoms with Gasteiger partial charge in [0.05, 0.1) is 6.10 Å². The van der Waals surface area contributed by atoms with E-state index in [-0.39, 0.29) is 30.6 Å². The number of hydrogen-bond donors (Lipinski definition) is 1. The molecule has 0 aliphatic carbocycles. The first-order valence-electron chi connectivity index (χ1n) is 22.2. The lowest BCUT2D eigenvalue weighted by atomic mass is 10.0. The summed E-state index contributed by atoms with van der Waals surface area (Å²) >= 11 is 0. The van der Waals surface area contributed by atoms with E-state index in [9.17, 15) is 9.59 Å². The molecule has 0 bridgehead atoms. The summed E-state index contributed by atoms with van der Waals surface area (Å²) in [5.74, 6) is 0.203. The molecular formula is C44H87NO5. The van der Waals surface area contributed by atoms with Crippen molar-refractivity contribution in [3.05, 3.63) is 0 Å². The van der Waals surface area contributed by atoms with Crippen molar-refractivity contribution < 1.29 is 24.3 Å². The maximum atomic E-state index is 12.8. The lowest BCUT2D eigenvalue weighted by molar-refractivity contribution is -0.195. The average molecular weight is 710 g/mol. The highest BCUT2D eigenvalue weighted by atomic mass is 16.7. The molecular weight excluding hydrogens is 622 g/mol. The van der Waals surface area contributed by atoms with Gasteiger partial charge in [-0.15, -0.1) is 0 Å². The molecule has 0 heterocycles. The van der Waals surface area contributed by atoms with Gasteiger partial charge < -0.3 is 9.84 Å². The molecule has 0 aromatic carbocycles. The van der Waals surface area contributed by atoms with Crippen LogP contribution >= 0.6 is 0 Å². The van der Waals surface area contributed by atoms with E-state index in [1.165, 1.54) is 116 Å². The van der Waals surface area contributed by atoms with Crippen LogP contribution in [0.2, 0.25) is 0 Å². The number of nitrogens with zero attached hydrogens (tertiary/aromatic N) is 1. The van der Waals surface area contributed by atoms with Crippen LogP contribution in [-0.2, 0) is 19.2 Å². The molecule has 6 nitrogen and oxygen atoms in total. The third-order valence-corrected chi connectivity index (χ3v) is 10.1. The zero-order chi connectivity index (χ0) is 36.8. The number of hydroxylamine groups is 2. The van der Waals surface area contributed by atoms with E-state index in [1.807, 2.05) is 0 Å². The number of carbonyl (C=O) groups excluding carboxylic acids is 2. The van der Waals surface area contributed by atoms with Gasteiger partial charge in [-0.25, -0.2) is 0 Å². The van der Waals surface area contributed by atoms with Crippen LogP contribution in [0.15, 0.2) is 0 Å². The van der Waals surface area contributed by atoms with Crippen LogP contribution in [0.3, 0.4) is 0 Å². The molecule has 0 aliphatic rings. The number of aliphatic hydroxyl groups excluding tert-OH is 1. The predicted octanol–water partition coefficient (Wildman–Crippen LogP) is 13.0. The highest BCUT2D eigenvalue weighted by Crippen LogP contribution is 2.19. The summed E-state index contributed by atoms with van der Waals surface area (Å²) in [5.41, 5.74) is 0. The van der Waals surface area contributed by atoms with Crippen LogP contribution in [0.25, 0.3) is 0 Å². The zero-order valence-electron chi connectivity index (χ0n) is 34.1. The zero-order valence-corrected chi connectivity index (χ0v) is 34.1. The fourth-order valence-electron chi connectivity index (χ4n) is 6.85. The fraction of sp³-hybridized carbons (Fsp3) is 0.955. The van der Waals surface area contributed by atoms with Gasteiger partial charge in [0.25, 0.3) is 0 Å². The Labute approximate surface area is 311 Å². The van der Waals surface area contributed by atoms with Crippen molar-refractivity contribution in [3.63, 3.8) is 0 Å². The molecule has 0 saturated carbocycles. The Morgan fingerprint density at radius 1 is 0.500 bits per heavy atom. The Kier molecular flexibility index (Phi) is 38.5. The maximum Gasteiger partial charge on any atom is 0.306 e. The van der Waals surface area contributed by atoms with Gasteiger partial charge in [0.1, 0.15) is 11.9 Å². The van der Waals surface area contributed by atoms with Gasteiger partial charge in [0.2, 0.25) is 0 Å². The number of aliphatic hydroxyl groups is 1. The van der Waals surface area contributed by atoms with Crippen molar-refractivity contribution in [1.29, 1.82) is 0 Å². The summed E-state index contributed by atoms with van der Waals surface area (Å²) in [4.78, 5) is 30.9. The van der Waals surface area contributed by atoms with Gasteiger partial charge in [-0.2, -0.15) is 5.06 Å². The first kappa shape index (κ1) is 49.0. The molecule has 0 aromatic heterocycles. The highest BCUT2D eigenvalue weighted by Gasteiger charge is 2.15. The van der Waals surface area contributed by atoms with Crippen molar-refractivity contribution in [1.82, 2.24) is 5.06 Å². The van der Waals surface area contributed by atoms with Crippen molar-refractivity contribution >= 4 is 11.8 Å². The van der Waals surface area contributed by atoms with Crippen LogP contribution in [0.5, 0.6) is 0 Å². The molecule has 298 valence electrons. The van der Waals surface area contributed by atoms with Crippen molar-refractivity contribution in [2.24, 2.45) is 0 Å². The van der Waals surface area contributed by atoms with Crippen molar-refractivity contribution in [2.45, 2.75) is 252 Å². The number of ether oxygens (including phenoxy) is 1. The Morgan fingerprint density at radius 3 is 1.38 bits per heavy atom. The minimum absolute atomic E-state index is 0.0204. The lowest BCUT2D eigenvalue weighted by Gasteiger charge is -2.26. The molecule has 50 heavy (non-hydrogen) atoms. The molecule has 0 aromatic rings. The van der Waals surface area contributed by atoms with Crippen molar-refractivity contribution in [3.8, 4) is 0 Å². The molecule has 0 rings (SSSR count).